The summed E-state index contributed by atoms with van der Waals surface area (Å²) in [4.78, 5) is 0.338. The highest BCUT2D eigenvalue weighted by Crippen LogP contribution is 2.16. The Morgan fingerprint density at radius 2 is 1.90 bits per heavy atom. The van der Waals surface area contributed by atoms with Crippen molar-refractivity contribution in [1.29, 1.82) is 0 Å². The van der Waals surface area contributed by atoms with Crippen molar-refractivity contribution in [2.45, 2.75) is 56.6 Å². The van der Waals surface area contributed by atoms with Gasteiger partial charge in [0.15, 0.2) is 0 Å². The van der Waals surface area contributed by atoms with Crippen LogP contribution in [0.25, 0.3) is 0 Å². The van der Waals surface area contributed by atoms with Gasteiger partial charge in [0.1, 0.15) is 0 Å². The normalized spacial score (nSPS) is 19.1. The summed E-state index contributed by atoms with van der Waals surface area (Å²) in [6.07, 6.45) is 6.72. The molecule has 1 aromatic rings. The number of nitrogens with one attached hydrogen (secondary N) is 2. The third-order valence-corrected chi connectivity index (χ3v) is 5.08. The van der Waals surface area contributed by atoms with Crippen LogP contribution in [0, 0.1) is 0 Å². The zero-order valence-corrected chi connectivity index (χ0v) is 13.5. The third kappa shape index (κ3) is 4.95. The Balaban J connectivity index is 2.01. The lowest BCUT2D eigenvalue weighted by Gasteiger charge is -2.19. The van der Waals surface area contributed by atoms with Gasteiger partial charge in [0, 0.05) is 18.6 Å². The van der Waals surface area contributed by atoms with E-state index in [1.165, 1.54) is 0 Å². The van der Waals surface area contributed by atoms with Crippen LogP contribution in [0.5, 0.6) is 0 Å². The molecule has 0 fully saturated rings. The Bertz CT molecular complexity index is 577. The van der Waals surface area contributed by atoms with E-state index in [2.05, 4.69) is 30.0 Å². The second kappa shape index (κ2) is 7.20. The fourth-order valence-corrected chi connectivity index (χ4v) is 3.58. The molecule has 1 unspecified atom stereocenters. The standard InChI is InChI=1S/C16H24N2O2S/c1-13(2)17-12-14-8-10-16(11-9-14)21(19,20)18-15-6-4-3-5-7-15/h3-4,8-11,13,15,17-18H,5-7,12H2,1-2H3. The molecule has 0 radical (unpaired) electrons. The van der Waals surface area contributed by atoms with Crippen molar-refractivity contribution in [3.63, 3.8) is 0 Å². The van der Waals surface area contributed by atoms with Gasteiger partial charge in [-0.05, 0) is 37.0 Å². The van der Waals surface area contributed by atoms with Gasteiger partial charge in [0.25, 0.3) is 0 Å². The first kappa shape index (κ1) is 16.2. The Kier molecular flexibility index (Phi) is 5.56. The van der Waals surface area contributed by atoms with Crippen LogP contribution in [0.1, 0.15) is 38.7 Å². The monoisotopic (exact) mass is 308 g/mol. The molecule has 1 aromatic carbocycles. The van der Waals surface area contributed by atoms with Gasteiger partial charge in [-0.3, -0.25) is 0 Å². The minimum atomic E-state index is -3.41. The van der Waals surface area contributed by atoms with Crippen LogP contribution < -0.4 is 10.0 Å². The summed E-state index contributed by atoms with van der Waals surface area (Å²) < 4.78 is 27.4. The highest BCUT2D eigenvalue weighted by Gasteiger charge is 2.20. The van der Waals surface area contributed by atoms with Crippen molar-refractivity contribution < 1.29 is 8.42 Å². The van der Waals surface area contributed by atoms with E-state index in [9.17, 15) is 8.42 Å². The van der Waals surface area contributed by atoms with Gasteiger partial charge >= 0.3 is 0 Å². The minimum Gasteiger partial charge on any atom is -0.310 e. The molecule has 0 saturated carbocycles. The van der Waals surface area contributed by atoms with E-state index in [0.717, 1.165) is 31.4 Å². The molecule has 0 aromatic heterocycles. The molecule has 0 saturated heterocycles. The Morgan fingerprint density at radius 3 is 2.48 bits per heavy atom. The smallest absolute Gasteiger partial charge is 0.240 e. The molecule has 21 heavy (non-hydrogen) atoms. The second-order valence-electron chi connectivity index (χ2n) is 5.78. The highest BCUT2D eigenvalue weighted by atomic mass is 32.2. The van der Waals surface area contributed by atoms with E-state index in [1.54, 1.807) is 12.1 Å². The quantitative estimate of drug-likeness (QED) is 0.794. The fraction of sp³-hybridized carbons (Fsp3) is 0.500. The van der Waals surface area contributed by atoms with Crippen molar-refractivity contribution in [3.05, 3.63) is 42.0 Å². The summed E-state index contributed by atoms with van der Waals surface area (Å²) in [5.41, 5.74) is 1.09. The molecule has 0 aliphatic heterocycles. The molecule has 0 amide bonds. The van der Waals surface area contributed by atoms with E-state index in [0.29, 0.717) is 10.9 Å². The van der Waals surface area contributed by atoms with Gasteiger partial charge in [-0.1, -0.05) is 38.1 Å². The molecule has 0 heterocycles. The van der Waals surface area contributed by atoms with Crippen LogP contribution in [0.4, 0.5) is 0 Å². The van der Waals surface area contributed by atoms with Crippen molar-refractivity contribution in [2.75, 3.05) is 0 Å². The van der Waals surface area contributed by atoms with Crippen molar-refractivity contribution in [3.8, 4) is 0 Å². The predicted molar refractivity (Wildman–Crippen MR) is 85.5 cm³/mol. The SMILES string of the molecule is CC(C)NCc1ccc(S(=O)(=O)NC2CC=CCC2)cc1. The Morgan fingerprint density at radius 1 is 1.19 bits per heavy atom. The average Bonchev–Trinajstić information content (AvgIpc) is 2.46. The Hall–Kier alpha value is -1.17. The predicted octanol–water partition coefficient (Wildman–Crippen LogP) is 2.57. The van der Waals surface area contributed by atoms with Crippen LogP contribution >= 0.6 is 0 Å². The largest absolute Gasteiger partial charge is 0.310 e. The topological polar surface area (TPSA) is 58.2 Å². The van der Waals surface area contributed by atoms with Crippen LogP contribution in [0.2, 0.25) is 0 Å². The van der Waals surface area contributed by atoms with E-state index < -0.39 is 10.0 Å². The molecule has 1 aliphatic rings. The summed E-state index contributed by atoms with van der Waals surface area (Å²) in [5, 5.41) is 3.31. The van der Waals surface area contributed by atoms with Gasteiger partial charge in [-0.15, -0.1) is 0 Å². The van der Waals surface area contributed by atoms with Gasteiger partial charge in [0.05, 0.1) is 4.90 Å². The number of rotatable bonds is 6. The van der Waals surface area contributed by atoms with Crippen LogP contribution in [-0.2, 0) is 16.6 Å². The van der Waals surface area contributed by atoms with Gasteiger partial charge in [-0.25, -0.2) is 13.1 Å². The lowest BCUT2D eigenvalue weighted by molar-refractivity contribution is 0.522. The fourth-order valence-electron chi connectivity index (χ4n) is 2.30. The maximum atomic E-state index is 12.3. The molecule has 5 heteroatoms. The molecule has 1 aliphatic carbocycles. The first-order valence-electron chi connectivity index (χ1n) is 7.47. The van der Waals surface area contributed by atoms with Crippen molar-refractivity contribution in [1.82, 2.24) is 10.0 Å². The number of allylic oxidation sites excluding steroid dienone is 1. The van der Waals surface area contributed by atoms with Gasteiger partial charge in [0.2, 0.25) is 10.0 Å². The molecule has 2 N–H and O–H groups in total. The maximum Gasteiger partial charge on any atom is 0.240 e. The number of hydrogen-bond acceptors (Lipinski definition) is 3. The van der Waals surface area contributed by atoms with Crippen LogP contribution in [0.15, 0.2) is 41.3 Å². The van der Waals surface area contributed by atoms with Crippen molar-refractivity contribution >= 4 is 10.0 Å². The summed E-state index contributed by atoms with van der Waals surface area (Å²) >= 11 is 0. The second-order valence-corrected chi connectivity index (χ2v) is 7.50. The molecule has 4 nitrogen and oxygen atoms in total. The molecular formula is C16H24N2O2S. The zero-order valence-electron chi connectivity index (χ0n) is 12.7. The van der Waals surface area contributed by atoms with Gasteiger partial charge < -0.3 is 5.32 Å². The molecule has 2 rings (SSSR count). The Labute approximate surface area is 127 Å². The zero-order chi connectivity index (χ0) is 15.3. The summed E-state index contributed by atoms with van der Waals surface area (Å²) in [6, 6.07) is 7.52. The molecule has 0 spiro atoms. The third-order valence-electron chi connectivity index (χ3n) is 3.54. The minimum absolute atomic E-state index is 0.0160. The first-order chi connectivity index (χ1) is 9.97. The molecular weight excluding hydrogens is 284 g/mol. The summed E-state index contributed by atoms with van der Waals surface area (Å²) in [6.45, 7) is 4.92. The first-order valence-corrected chi connectivity index (χ1v) is 8.95. The average molecular weight is 308 g/mol. The number of sulfonamides is 1. The lowest BCUT2D eigenvalue weighted by Crippen LogP contribution is -2.35. The molecule has 116 valence electrons. The maximum absolute atomic E-state index is 12.3. The summed E-state index contributed by atoms with van der Waals surface area (Å²) in [5.74, 6) is 0. The summed E-state index contributed by atoms with van der Waals surface area (Å²) in [7, 11) is -3.41. The highest BCUT2D eigenvalue weighted by molar-refractivity contribution is 7.89. The number of hydrogen-bond donors (Lipinski definition) is 2. The van der Waals surface area contributed by atoms with Crippen molar-refractivity contribution in [2.24, 2.45) is 0 Å². The van der Waals surface area contributed by atoms with E-state index >= 15 is 0 Å². The van der Waals surface area contributed by atoms with E-state index in [4.69, 9.17) is 0 Å². The van der Waals surface area contributed by atoms with Crippen LogP contribution in [0.3, 0.4) is 0 Å². The van der Waals surface area contributed by atoms with E-state index in [1.807, 2.05) is 18.2 Å². The lowest BCUT2D eigenvalue weighted by atomic mass is 10.0. The molecule has 1 atom stereocenters. The molecule has 0 bridgehead atoms. The van der Waals surface area contributed by atoms with Crippen LogP contribution in [-0.4, -0.2) is 20.5 Å². The number of benzene rings is 1. The van der Waals surface area contributed by atoms with E-state index in [-0.39, 0.29) is 6.04 Å². The van der Waals surface area contributed by atoms with Gasteiger partial charge in [-0.2, -0.15) is 0 Å².